The van der Waals surface area contributed by atoms with Crippen molar-refractivity contribution >= 4 is 74.0 Å². The molecular weight excluding hydrogens is 1240 g/mol. The number of halogens is 12. The Kier molecular flexibility index (Phi) is 17.9. The van der Waals surface area contributed by atoms with Crippen molar-refractivity contribution < 1.29 is 50.4 Å². The van der Waals surface area contributed by atoms with Gasteiger partial charge >= 0.3 is 66.0 Å². The number of thiophene rings is 1. The third kappa shape index (κ3) is 17.7. The van der Waals surface area contributed by atoms with Crippen LogP contribution >= 0.6 is 74.0 Å². The Balaban J connectivity index is 0.000000659. The van der Waals surface area contributed by atoms with E-state index in [-0.39, 0.29) is 21.7 Å². The van der Waals surface area contributed by atoms with E-state index < -0.39 is 15.6 Å². The number of thioether (sulfide) groups is 4. The number of rotatable bonds is 10. The molecule has 0 bridgehead atoms. The fraction of sp³-hybridized carbons (Fsp3) is 0.303. The topological polar surface area (TPSA) is 0 Å². The van der Waals surface area contributed by atoms with Crippen LogP contribution in [0.3, 0.4) is 0 Å². The van der Waals surface area contributed by atoms with Crippen molar-refractivity contribution in [3.63, 3.8) is 0 Å². The van der Waals surface area contributed by atoms with Crippen LogP contribution in [0.15, 0.2) is 153 Å². The van der Waals surface area contributed by atoms with Gasteiger partial charge in [-0.25, -0.2) is 0 Å². The van der Waals surface area contributed by atoms with E-state index in [2.05, 4.69) is 242 Å². The molecule has 0 saturated heterocycles. The molecule has 0 fully saturated rings. The summed E-state index contributed by atoms with van der Waals surface area (Å²) in [5.41, 5.74) is 20.9. The van der Waals surface area contributed by atoms with E-state index in [0.717, 1.165) is 0 Å². The van der Waals surface area contributed by atoms with Gasteiger partial charge < -0.3 is 0 Å². The van der Waals surface area contributed by atoms with E-state index in [1.807, 2.05) is 58.4 Å². The monoisotopic (exact) mass is 1310 g/mol. The van der Waals surface area contributed by atoms with Crippen molar-refractivity contribution in [3.8, 4) is 44.5 Å². The summed E-state index contributed by atoms with van der Waals surface area (Å²) in [5.74, 6) is 2.58. The Bertz CT molecular complexity index is 3310. The van der Waals surface area contributed by atoms with Gasteiger partial charge in [-0.3, -0.25) is 0 Å². The first-order chi connectivity index (χ1) is 38.4. The SMILES string of the molecule is CSc1cc([C+](c2ccc([C+](c3cc(SC)c4ccc(C(C)(C)C)ccc3-4)c3cc(SC)c4ccc(C(C)(C)C)ccc3-4)s2)c2cc(SC)c3ccc(C(C)(C)C)ccc2-3)c2ccc(C(C)(C)C)ccc1-2.F[P-](F)(F)(F)(F)F.F[P-](F)(F)(F)(F)F. The molecule has 85 heavy (non-hydrogen) atoms. The minimum absolute atomic E-state index is 0.0190. The number of fused-ring (bicyclic) bond motifs is 4. The van der Waals surface area contributed by atoms with Gasteiger partial charge in [0.2, 0.25) is 0 Å². The number of hydrogen-bond acceptors (Lipinski definition) is 5. The van der Waals surface area contributed by atoms with Crippen LogP contribution in [0.1, 0.15) is 137 Å². The molecule has 0 aliphatic heterocycles. The quantitative estimate of drug-likeness (QED) is 0.0579. The van der Waals surface area contributed by atoms with Gasteiger partial charge in [0.05, 0.1) is 63.4 Å². The molecule has 1 heterocycles. The van der Waals surface area contributed by atoms with Crippen LogP contribution in [0.2, 0.25) is 0 Å². The molecule has 0 nitrogen and oxygen atoms in total. The Morgan fingerprint density at radius 1 is 0.282 bits per heavy atom. The van der Waals surface area contributed by atoms with Crippen LogP contribution < -0.4 is 0 Å². The van der Waals surface area contributed by atoms with Gasteiger partial charge in [0.25, 0.3) is 0 Å². The van der Waals surface area contributed by atoms with Crippen LogP contribution in [-0.2, 0) is 21.7 Å². The van der Waals surface area contributed by atoms with E-state index in [0.29, 0.717) is 0 Å². The van der Waals surface area contributed by atoms with Crippen molar-refractivity contribution in [1.82, 2.24) is 0 Å². The Hall–Kier alpha value is -4.34. The maximum atomic E-state index is 9.87. The van der Waals surface area contributed by atoms with Crippen LogP contribution in [0.4, 0.5) is 50.4 Å². The molecule has 0 N–H and O–H groups in total. The summed E-state index contributed by atoms with van der Waals surface area (Å²) < 4.78 is 118. The first-order valence-corrected chi connectivity index (χ1v) is 36.7. The molecule has 19 heteroatoms. The second-order valence-electron chi connectivity index (χ2n) is 25.1. The van der Waals surface area contributed by atoms with E-state index >= 15 is 0 Å². The second-order valence-corrected chi connectivity index (χ2v) is 33.4. The van der Waals surface area contributed by atoms with Crippen molar-refractivity contribution in [2.75, 3.05) is 25.0 Å². The summed E-state index contributed by atoms with van der Waals surface area (Å²) in [6.45, 7) is 27.8. The summed E-state index contributed by atoms with van der Waals surface area (Å²) in [6.07, 6.45) is 8.92. The van der Waals surface area contributed by atoms with Crippen LogP contribution in [-0.4, -0.2) is 25.0 Å². The summed E-state index contributed by atoms with van der Waals surface area (Å²) in [6, 6.07) is 52.8. The van der Waals surface area contributed by atoms with E-state index in [1.54, 1.807) is 0 Å². The molecule has 8 aliphatic carbocycles. The predicted molar refractivity (Wildman–Crippen MR) is 347 cm³/mol. The zero-order chi connectivity index (χ0) is 63.8. The van der Waals surface area contributed by atoms with Gasteiger partial charge in [-0.1, -0.05) is 132 Å². The molecule has 1 aromatic rings. The zero-order valence-electron chi connectivity index (χ0n) is 50.2. The molecule has 0 amide bonds. The third-order valence-electron chi connectivity index (χ3n) is 14.4. The fourth-order valence-electron chi connectivity index (χ4n) is 10.2. The molecule has 0 saturated carbocycles. The van der Waals surface area contributed by atoms with E-state index in [4.69, 9.17) is 0 Å². The van der Waals surface area contributed by atoms with Gasteiger partial charge in [-0.15, -0.1) is 58.4 Å². The van der Waals surface area contributed by atoms with Gasteiger partial charge in [0.15, 0.2) is 0 Å². The average Bonchev–Trinajstić information content (AvgIpc) is 1.75. The summed E-state index contributed by atoms with van der Waals surface area (Å²) in [5, 5.41) is 0. The van der Waals surface area contributed by atoms with E-state index in [1.165, 1.54) is 130 Å². The van der Waals surface area contributed by atoms with E-state index in [9.17, 15) is 50.4 Å². The predicted octanol–water partition coefficient (Wildman–Crippen LogP) is 27.0. The standard InChI is InChI=1S/C66H70S5.2F6P/c1-63(2,3)39-17-25-43-47(29-21-39)57(67-13)35-51(43)61(52-36-58(68-14)48-30-22-40(64(4,5)6)18-26-44(48)52)55-33-34-56(71-55)62(53-37-59(69-15)49-31-23-41(65(7,8)9)19-27-45(49)53)54-38-60(70-16)50-32-24-42(66(10,11)12)20-28-46(50)54;2*1-7(2,3,4,5)6/h17-38H,1-16H3;;/q+2;2*-1. The fourth-order valence-corrected chi connectivity index (χ4v) is 13.9. The third-order valence-corrected chi connectivity index (χ3v) is 18.7. The summed E-state index contributed by atoms with van der Waals surface area (Å²) >= 11 is 9.34. The van der Waals surface area contributed by atoms with Gasteiger partial charge in [0.1, 0.15) is 0 Å². The second kappa shape index (κ2) is 22.3. The molecule has 0 spiro atoms. The normalized spacial score (nSPS) is 14.4. The summed E-state index contributed by atoms with van der Waals surface area (Å²) in [4.78, 5) is 7.76. The van der Waals surface area contributed by atoms with Gasteiger partial charge in [-0.05, 0) is 117 Å². The van der Waals surface area contributed by atoms with Crippen molar-refractivity contribution in [1.29, 1.82) is 0 Å². The molecule has 1 aromatic heterocycles. The van der Waals surface area contributed by atoms with Crippen molar-refractivity contribution in [3.05, 3.63) is 200 Å². The Morgan fingerprint density at radius 2 is 0.447 bits per heavy atom. The maximum absolute atomic E-state index is 10.7. The molecule has 0 radical (unpaired) electrons. The molecule has 9 rings (SSSR count). The molecule has 8 aliphatic rings. The van der Waals surface area contributed by atoms with Crippen molar-refractivity contribution in [2.45, 2.75) is 124 Å². The molecular formula is C66H70F12P2S5. The average molecular weight is 1310 g/mol. The van der Waals surface area contributed by atoms with Crippen molar-refractivity contribution in [2.24, 2.45) is 0 Å². The first-order valence-electron chi connectivity index (χ1n) is 26.9. The first kappa shape index (κ1) is 68.2. The number of hydrogen-bond donors (Lipinski definition) is 0. The van der Waals surface area contributed by atoms with Crippen LogP contribution in [0.25, 0.3) is 44.5 Å². The Labute approximate surface area is 514 Å². The molecule has 0 unspecified atom stereocenters. The molecule has 0 atom stereocenters. The van der Waals surface area contributed by atoms with Gasteiger partial charge in [-0.2, -0.15) is 0 Å². The van der Waals surface area contributed by atoms with Gasteiger partial charge in [0, 0.05) is 80.9 Å². The molecule has 458 valence electrons. The zero-order valence-corrected chi connectivity index (χ0v) is 56.0. The Morgan fingerprint density at radius 3 is 0.600 bits per heavy atom. The molecule has 0 aromatic carbocycles. The minimum atomic E-state index is -10.7. The van der Waals surface area contributed by atoms with Crippen LogP contribution in [0.5, 0.6) is 0 Å². The van der Waals surface area contributed by atoms with Crippen LogP contribution in [0, 0.1) is 11.8 Å². The summed E-state index contributed by atoms with van der Waals surface area (Å²) in [7, 11) is -21.3.